The van der Waals surface area contributed by atoms with Gasteiger partial charge in [-0.1, -0.05) is 22.6 Å². The largest absolute Gasteiger partial charge is 0.416 e. The smallest absolute Gasteiger partial charge is 0.272 e. The standard InChI is InChI=1S/C8H6F6IN/c9-7(10,11)6(8(12,13)14)2-1-3-5(4(2)15)16(3)6/h2-5H,1H2/t2-,3+,4+,5-,16?/m0/s1. The maximum Gasteiger partial charge on any atom is 0.416 e. The molecular formula is C8H6F6IN. The SMILES string of the molecule is FC(F)(F)C1(C(F)(F)F)[C@H]2C[C@@H]3[C@@H]([C@@H]2I)N31. The van der Waals surface area contributed by atoms with Gasteiger partial charge in [0.05, 0.1) is 0 Å². The highest BCUT2D eigenvalue weighted by atomic mass is 127. The number of hydrogen-bond donors (Lipinski definition) is 0. The van der Waals surface area contributed by atoms with Crippen molar-refractivity contribution in [2.75, 3.05) is 0 Å². The molecular weight excluding hydrogens is 351 g/mol. The minimum absolute atomic E-state index is 0.0251. The first kappa shape index (κ1) is 11.4. The average Bonchev–Trinajstić information content (AvgIpc) is 2.43. The van der Waals surface area contributed by atoms with Gasteiger partial charge in [-0.2, -0.15) is 26.3 Å². The van der Waals surface area contributed by atoms with Gasteiger partial charge in [0.2, 0.25) is 5.54 Å². The van der Waals surface area contributed by atoms with E-state index in [2.05, 4.69) is 0 Å². The van der Waals surface area contributed by atoms with E-state index >= 15 is 0 Å². The Morgan fingerprint density at radius 2 is 1.56 bits per heavy atom. The monoisotopic (exact) mass is 357 g/mol. The van der Waals surface area contributed by atoms with Crippen molar-refractivity contribution in [1.29, 1.82) is 0 Å². The zero-order chi connectivity index (χ0) is 12.1. The van der Waals surface area contributed by atoms with Crippen molar-refractivity contribution < 1.29 is 26.3 Å². The zero-order valence-electron chi connectivity index (χ0n) is 7.61. The highest BCUT2D eigenvalue weighted by Gasteiger charge is 2.92. The summed E-state index contributed by atoms with van der Waals surface area (Å²) in [6, 6.07) is -1.02. The molecule has 8 heteroatoms. The topological polar surface area (TPSA) is 3.01 Å². The summed E-state index contributed by atoms with van der Waals surface area (Å²) in [5.74, 6) is -1.33. The highest BCUT2D eigenvalue weighted by molar-refractivity contribution is 14.1. The molecule has 0 aromatic heterocycles. The maximum atomic E-state index is 12.9. The highest BCUT2D eigenvalue weighted by Crippen LogP contribution is 2.73. The summed E-state index contributed by atoms with van der Waals surface area (Å²) in [5.41, 5.74) is -3.57. The van der Waals surface area contributed by atoms with E-state index in [0.29, 0.717) is 4.90 Å². The van der Waals surface area contributed by atoms with Crippen LogP contribution in [0.3, 0.4) is 0 Å². The normalized spacial score (nSPS) is 48.6. The summed E-state index contributed by atoms with van der Waals surface area (Å²) in [5, 5.41) is 0. The van der Waals surface area contributed by atoms with Crippen LogP contribution < -0.4 is 0 Å². The van der Waals surface area contributed by atoms with E-state index in [4.69, 9.17) is 0 Å². The molecule has 92 valence electrons. The maximum absolute atomic E-state index is 12.9. The lowest BCUT2D eigenvalue weighted by atomic mass is 9.85. The van der Waals surface area contributed by atoms with Crippen molar-refractivity contribution in [3.05, 3.63) is 0 Å². The van der Waals surface area contributed by atoms with Gasteiger partial charge in [-0.3, -0.25) is 4.90 Å². The molecule has 1 saturated carbocycles. The van der Waals surface area contributed by atoms with E-state index < -0.39 is 39.8 Å². The molecule has 4 aliphatic rings. The first-order valence-electron chi connectivity index (χ1n) is 4.70. The molecule has 0 radical (unpaired) electrons. The van der Waals surface area contributed by atoms with Crippen molar-refractivity contribution in [2.45, 2.75) is 40.3 Å². The first-order valence-corrected chi connectivity index (χ1v) is 5.94. The van der Waals surface area contributed by atoms with Gasteiger partial charge >= 0.3 is 12.4 Å². The predicted octanol–water partition coefficient (Wildman–Crippen LogP) is 2.74. The number of alkyl halides is 7. The fourth-order valence-electron chi connectivity index (χ4n) is 3.51. The summed E-state index contributed by atoms with van der Waals surface area (Å²) in [7, 11) is 0. The Morgan fingerprint density at radius 1 is 1.06 bits per heavy atom. The number of halogens is 7. The van der Waals surface area contributed by atoms with E-state index in [1.54, 1.807) is 22.6 Å². The third-order valence-electron chi connectivity index (χ3n) is 4.00. The van der Waals surface area contributed by atoms with E-state index in [-0.39, 0.29) is 6.42 Å². The van der Waals surface area contributed by atoms with Crippen LogP contribution in [0.5, 0.6) is 0 Å². The van der Waals surface area contributed by atoms with Gasteiger partial charge in [0.25, 0.3) is 0 Å². The molecule has 4 bridgehead atoms. The lowest BCUT2D eigenvalue weighted by molar-refractivity contribution is -0.327. The second-order valence-corrected chi connectivity index (χ2v) is 5.95. The van der Waals surface area contributed by atoms with Crippen molar-refractivity contribution in [2.24, 2.45) is 5.92 Å². The first-order chi connectivity index (χ1) is 7.14. The number of nitrogens with zero attached hydrogens (tertiary/aromatic N) is 1. The molecule has 5 atom stereocenters. The van der Waals surface area contributed by atoms with Gasteiger partial charge < -0.3 is 0 Å². The summed E-state index contributed by atoms with van der Waals surface area (Å²) >= 11 is 1.73. The quantitative estimate of drug-likeness (QED) is 0.279. The molecule has 4 rings (SSSR count). The van der Waals surface area contributed by atoms with Gasteiger partial charge in [0.15, 0.2) is 0 Å². The van der Waals surface area contributed by atoms with Crippen molar-refractivity contribution in [3.8, 4) is 0 Å². The Labute approximate surface area is 100 Å². The molecule has 3 saturated heterocycles. The third kappa shape index (κ3) is 0.920. The molecule has 0 aromatic carbocycles. The van der Waals surface area contributed by atoms with Crippen LogP contribution in [-0.2, 0) is 0 Å². The van der Waals surface area contributed by atoms with E-state index in [0.717, 1.165) is 0 Å². The van der Waals surface area contributed by atoms with Crippen LogP contribution in [0, 0.1) is 5.92 Å². The Balaban J connectivity index is 2.14. The molecule has 0 N–H and O–H groups in total. The Morgan fingerprint density at radius 3 is 1.69 bits per heavy atom. The van der Waals surface area contributed by atoms with Gasteiger partial charge in [0, 0.05) is 21.9 Å². The Hall–Kier alpha value is 0.270. The van der Waals surface area contributed by atoms with Crippen LogP contribution in [-0.4, -0.2) is 38.8 Å². The van der Waals surface area contributed by atoms with E-state index in [1.807, 2.05) is 0 Å². The summed E-state index contributed by atoms with van der Waals surface area (Å²) in [6.07, 6.45) is -10.4. The number of piperidine rings is 3. The summed E-state index contributed by atoms with van der Waals surface area (Å²) in [4.78, 5) is 0.634. The molecule has 3 heterocycles. The molecule has 0 aromatic rings. The Kier molecular flexibility index (Phi) is 1.88. The minimum Gasteiger partial charge on any atom is -0.272 e. The average molecular weight is 357 g/mol. The van der Waals surface area contributed by atoms with Crippen LogP contribution in [0.1, 0.15) is 6.42 Å². The van der Waals surface area contributed by atoms with Crippen LogP contribution >= 0.6 is 22.6 Å². The van der Waals surface area contributed by atoms with E-state index in [1.165, 1.54) is 0 Å². The van der Waals surface area contributed by atoms with Crippen LogP contribution in [0.2, 0.25) is 0 Å². The number of rotatable bonds is 0. The fourth-order valence-corrected chi connectivity index (χ4v) is 5.15. The molecule has 3 aliphatic heterocycles. The molecule has 0 amide bonds. The summed E-state index contributed by atoms with van der Waals surface area (Å²) < 4.78 is 76.7. The molecule has 1 unspecified atom stereocenters. The molecule has 0 spiro atoms. The minimum atomic E-state index is -5.24. The van der Waals surface area contributed by atoms with E-state index in [9.17, 15) is 26.3 Å². The van der Waals surface area contributed by atoms with Gasteiger partial charge in [-0.25, -0.2) is 0 Å². The lowest BCUT2D eigenvalue weighted by Gasteiger charge is -2.37. The van der Waals surface area contributed by atoms with Crippen molar-refractivity contribution in [1.82, 2.24) is 4.90 Å². The second kappa shape index (κ2) is 2.65. The van der Waals surface area contributed by atoms with Crippen LogP contribution in [0.25, 0.3) is 0 Å². The zero-order valence-corrected chi connectivity index (χ0v) is 9.77. The van der Waals surface area contributed by atoms with Gasteiger partial charge in [-0.05, 0) is 6.42 Å². The predicted molar refractivity (Wildman–Crippen MR) is 50.2 cm³/mol. The number of hydrogen-bond acceptors (Lipinski definition) is 1. The third-order valence-corrected chi connectivity index (χ3v) is 5.60. The molecule has 1 aliphatic carbocycles. The molecule has 16 heavy (non-hydrogen) atoms. The lowest BCUT2D eigenvalue weighted by Crippen LogP contribution is -2.63. The van der Waals surface area contributed by atoms with Crippen molar-refractivity contribution >= 4 is 22.6 Å². The van der Waals surface area contributed by atoms with Crippen molar-refractivity contribution in [3.63, 3.8) is 0 Å². The van der Waals surface area contributed by atoms with Crippen LogP contribution in [0.4, 0.5) is 26.3 Å². The molecule has 4 fully saturated rings. The molecule has 1 nitrogen and oxygen atoms in total. The Bertz CT molecular complexity index is 335. The van der Waals surface area contributed by atoms with Crippen LogP contribution in [0.15, 0.2) is 0 Å². The van der Waals surface area contributed by atoms with Gasteiger partial charge in [0.1, 0.15) is 0 Å². The second-order valence-electron chi connectivity index (χ2n) is 4.51. The summed E-state index contributed by atoms with van der Waals surface area (Å²) in [6.45, 7) is 0. The van der Waals surface area contributed by atoms with Gasteiger partial charge in [-0.15, -0.1) is 0 Å². The fraction of sp³-hybridized carbons (Fsp3) is 1.00.